The van der Waals surface area contributed by atoms with Crippen molar-refractivity contribution in [3.8, 4) is 11.1 Å². The number of hydrogen-bond donors (Lipinski definition) is 0. The molecule has 0 aromatic heterocycles. The van der Waals surface area contributed by atoms with E-state index in [0.29, 0.717) is 0 Å². The quantitative estimate of drug-likeness (QED) is 0.173. The first-order valence-electron chi connectivity index (χ1n) is 13.7. The van der Waals surface area contributed by atoms with E-state index in [0.717, 1.165) is 0 Å². The summed E-state index contributed by atoms with van der Waals surface area (Å²) in [6.07, 6.45) is 5.03. The molecule has 0 fully saturated rings. The molecule has 37 heavy (non-hydrogen) atoms. The van der Waals surface area contributed by atoms with E-state index >= 15 is 0 Å². The molecule has 8 aromatic carbocycles. The zero-order valence-electron chi connectivity index (χ0n) is 21.1. The molecule has 0 aliphatic rings. The third-order valence-corrected chi connectivity index (χ3v) is 8.59. The molecule has 0 amide bonds. The van der Waals surface area contributed by atoms with Crippen LogP contribution in [0.2, 0.25) is 0 Å². The number of aryl methyl sites for hydroxylation is 1. The van der Waals surface area contributed by atoms with Gasteiger partial charge >= 0.3 is 0 Å². The van der Waals surface area contributed by atoms with E-state index in [9.17, 15) is 0 Å². The van der Waals surface area contributed by atoms with Crippen LogP contribution >= 0.6 is 0 Å². The molecule has 0 nitrogen and oxygen atoms in total. The van der Waals surface area contributed by atoms with Gasteiger partial charge in [-0.1, -0.05) is 117 Å². The van der Waals surface area contributed by atoms with Crippen molar-refractivity contribution < 1.29 is 0 Å². The van der Waals surface area contributed by atoms with E-state index in [2.05, 4.69) is 110 Å². The Morgan fingerprint density at radius 1 is 0.405 bits per heavy atom. The number of benzene rings is 6. The number of unbranched alkanes of at least 4 members (excludes halogenated alkanes) is 2. The van der Waals surface area contributed by atoms with Gasteiger partial charge in [0.15, 0.2) is 0 Å². The van der Waals surface area contributed by atoms with Gasteiger partial charge in [0, 0.05) is 0 Å². The van der Waals surface area contributed by atoms with Crippen LogP contribution in [0.15, 0.2) is 103 Å². The summed E-state index contributed by atoms with van der Waals surface area (Å²) < 4.78 is 0. The minimum absolute atomic E-state index is 1.18. The van der Waals surface area contributed by atoms with Crippen molar-refractivity contribution in [3.05, 3.63) is 109 Å². The van der Waals surface area contributed by atoms with Gasteiger partial charge in [0.25, 0.3) is 0 Å². The summed E-state index contributed by atoms with van der Waals surface area (Å²) in [5.41, 5.74) is 4.04. The van der Waals surface area contributed by atoms with Gasteiger partial charge in [-0.25, -0.2) is 0 Å². The van der Waals surface area contributed by atoms with E-state index in [1.54, 1.807) is 0 Å². The van der Waals surface area contributed by atoms with Gasteiger partial charge in [-0.05, 0) is 100 Å². The first-order valence-corrected chi connectivity index (χ1v) is 13.7. The van der Waals surface area contributed by atoms with E-state index < -0.39 is 0 Å². The summed E-state index contributed by atoms with van der Waals surface area (Å²) in [4.78, 5) is 0. The van der Waals surface area contributed by atoms with Crippen LogP contribution in [0.25, 0.3) is 75.8 Å². The average Bonchev–Trinajstić information content (AvgIpc) is 3.47. The third kappa shape index (κ3) is 2.90. The Labute approximate surface area is 216 Å². The van der Waals surface area contributed by atoms with Crippen LogP contribution < -0.4 is 0 Å². The fourth-order valence-electron chi connectivity index (χ4n) is 6.88. The van der Waals surface area contributed by atoms with Gasteiger partial charge in [0.05, 0.1) is 0 Å². The highest BCUT2D eigenvalue weighted by atomic mass is 14.2. The van der Waals surface area contributed by atoms with E-state index in [1.807, 2.05) is 0 Å². The highest BCUT2D eigenvalue weighted by molar-refractivity contribution is 6.47. The molecule has 0 bridgehead atoms. The van der Waals surface area contributed by atoms with Gasteiger partial charge in [0.1, 0.15) is 0 Å². The molecule has 0 radical (unpaired) electrons. The van der Waals surface area contributed by atoms with E-state index in [-0.39, 0.29) is 0 Å². The SMILES string of the molecule is CCCCCc1ccc(-c2ccc3c(c2)c2cccc4c5c6ccccc6c6cccc(c65)c3c24)cc1. The normalized spacial score (nSPS) is 12.4. The van der Waals surface area contributed by atoms with Gasteiger partial charge < -0.3 is 0 Å². The lowest BCUT2D eigenvalue weighted by molar-refractivity contribution is 0.717. The Kier molecular flexibility index (Phi) is 4.49. The lowest BCUT2D eigenvalue weighted by Gasteiger charge is -2.07. The molecule has 0 atom stereocenters. The first kappa shape index (κ1) is 21.0. The minimum Gasteiger partial charge on any atom is -0.0654 e. The third-order valence-electron chi connectivity index (χ3n) is 8.59. The number of hydrogen-bond acceptors (Lipinski definition) is 0. The topological polar surface area (TPSA) is 0 Å². The van der Waals surface area contributed by atoms with Crippen LogP contribution in [0.4, 0.5) is 0 Å². The smallest absolute Gasteiger partial charge is 0.00137 e. The maximum atomic E-state index is 2.42. The van der Waals surface area contributed by atoms with Crippen LogP contribution in [0, 0.1) is 0 Å². The Morgan fingerprint density at radius 3 is 1.57 bits per heavy atom. The summed E-state index contributed by atoms with van der Waals surface area (Å²) in [7, 11) is 0. The molecule has 0 spiro atoms. The summed E-state index contributed by atoms with van der Waals surface area (Å²) >= 11 is 0. The summed E-state index contributed by atoms with van der Waals surface area (Å²) in [5.74, 6) is 0. The van der Waals surface area contributed by atoms with Crippen molar-refractivity contribution >= 4 is 64.6 Å². The van der Waals surface area contributed by atoms with Crippen LogP contribution in [-0.4, -0.2) is 0 Å². The molecule has 0 aliphatic carbocycles. The van der Waals surface area contributed by atoms with Crippen LogP contribution in [-0.2, 0) is 6.42 Å². The highest BCUT2D eigenvalue weighted by Gasteiger charge is 2.21. The van der Waals surface area contributed by atoms with Crippen molar-refractivity contribution in [2.24, 2.45) is 0 Å². The van der Waals surface area contributed by atoms with Crippen LogP contribution in [0.5, 0.6) is 0 Å². The molecule has 176 valence electrons. The fraction of sp³-hybridized carbons (Fsp3) is 0.135. The Morgan fingerprint density at radius 2 is 0.919 bits per heavy atom. The second-order valence-corrected chi connectivity index (χ2v) is 10.7. The van der Waals surface area contributed by atoms with Gasteiger partial charge in [-0.15, -0.1) is 0 Å². The van der Waals surface area contributed by atoms with Crippen molar-refractivity contribution in [3.63, 3.8) is 0 Å². The molecule has 0 saturated carbocycles. The fourth-order valence-corrected chi connectivity index (χ4v) is 6.88. The van der Waals surface area contributed by atoms with Gasteiger partial charge in [-0.3, -0.25) is 0 Å². The second-order valence-electron chi connectivity index (χ2n) is 10.7. The average molecular weight is 473 g/mol. The molecular formula is C37H28. The molecule has 8 rings (SSSR count). The highest BCUT2D eigenvalue weighted by Crippen LogP contribution is 2.50. The molecular weight excluding hydrogens is 444 g/mol. The molecule has 8 aromatic rings. The van der Waals surface area contributed by atoms with Crippen molar-refractivity contribution in [1.29, 1.82) is 0 Å². The molecule has 0 heteroatoms. The van der Waals surface area contributed by atoms with E-state index in [1.165, 1.54) is 107 Å². The maximum Gasteiger partial charge on any atom is -0.00137 e. The largest absolute Gasteiger partial charge is 0.0654 e. The minimum atomic E-state index is 1.18. The van der Waals surface area contributed by atoms with E-state index in [4.69, 9.17) is 0 Å². The first-order chi connectivity index (χ1) is 18.3. The van der Waals surface area contributed by atoms with Crippen molar-refractivity contribution in [2.45, 2.75) is 32.6 Å². The van der Waals surface area contributed by atoms with Crippen LogP contribution in [0.3, 0.4) is 0 Å². The maximum absolute atomic E-state index is 2.42. The summed E-state index contributed by atoms with van der Waals surface area (Å²) in [6.45, 7) is 2.27. The Hall–Kier alpha value is -4.16. The standard InChI is InChI=1S/C37H28/c1-2-3-4-9-23-16-18-24(19-17-23)25-20-21-30-33(22-25)29-13-8-15-31-34-27-11-6-5-10-26(27)28-12-7-14-32(35(28)34)37(30)36(29)31/h5-8,10-22H,2-4,9H2,1H3. The summed E-state index contributed by atoms with van der Waals surface area (Å²) in [5, 5.41) is 16.6. The zero-order valence-corrected chi connectivity index (χ0v) is 21.1. The van der Waals surface area contributed by atoms with Crippen LogP contribution in [0.1, 0.15) is 31.7 Å². The zero-order chi connectivity index (χ0) is 24.5. The lowest BCUT2D eigenvalue weighted by Crippen LogP contribution is -1.86. The molecule has 0 saturated heterocycles. The molecule has 0 N–H and O–H groups in total. The Bertz CT molecular complexity index is 2070. The lowest BCUT2D eigenvalue weighted by atomic mass is 9.95. The molecule has 0 unspecified atom stereocenters. The second kappa shape index (κ2) is 7.92. The number of rotatable bonds is 5. The predicted molar refractivity (Wildman–Crippen MR) is 163 cm³/mol. The van der Waals surface area contributed by atoms with Gasteiger partial charge in [0.2, 0.25) is 0 Å². The van der Waals surface area contributed by atoms with Crippen molar-refractivity contribution in [2.75, 3.05) is 0 Å². The predicted octanol–water partition coefficient (Wildman–Crippen LogP) is 10.9. The molecule has 0 heterocycles. The van der Waals surface area contributed by atoms with Gasteiger partial charge in [-0.2, -0.15) is 0 Å². The van der Waals surface area contributed by atoms with Crippen molar-refractivity contribution in [1.82, 2.24) is 0 Å². The monoisotopic (exact) mass is 472 g/mol. The summed E-state index contributed by atoms with van der Waals surface area (Å²) in [6, 6.07) is 39.0. The molecule has 0 aliphatic heterocycles. The Balaban J connectivity index is 1.40. The number of fused-ring (bicyclic) bond motifs is 8.